The number of hydrogen-bond acceptors (Lipinski definition) is 8. The topological polar surface area (TPSA) is 108 Å². The molecule has 2 saturated heterocycles. The van der Waals surface area contributed by atoms with Gasteiger partial charge >= 0.3 is 11.9 Å². The maximum atomic E-state index is 12.0. The molecule has 3 rings (SSSR count). The second kappa shape index (κ2) is 6.75. The molecule has 0 saturated carbocycles. The lowest BCUT2D eigenvalue weighted by Gasteiger charge is -2.30. The van der Waals surface area contributed by atoms with E-state index in [4.69, 9.17) is 14.2 Å². The third kappa shape index (κ3) is 3.67. The number of carbonyl (C=O) groups excluding carboxylic acids is 2. The SMILES string of the molecule is CC1(C)OC(=O)C(=Cc2ccc(N3CCOCC3)c([N+](=O)[O-])c2)C(=O)O1. The van der Waals surface area contributed by atoms with E-state index in [1.54, 1.807) is 12.1 Å². The fourth-order valence-corrected chi connectivity index (χ4v) is 2.79. The second-order valence-corrected chi connectivity index (χ2v) is 6.34. The van der Waals surface area contributed by atoms with E-state index >= 15 is 0 Å². The Balaban J connectivity index is 1.94. The highest BCUT2D eigenvalue weighted by Gasteiger charge is 2.39. The minimum absolute atomic E-state index is 0.112. The van der Waals surface area contributed by atoms with E-state index in [9.17, 15) is 19.7 Å². The van der Waals surface area contributed by atoms with Gasteiger partial charge in [-0.25, -0.2) is 9.59 Å². The molecule has 9 heteroatoms. The molecule has 0 aliphatic carbocycles. The van der Waals surface area contributed by atoms with Gasteiger partial charge in [-0.2, -0.15) is 0 Å². The van der Waals surface area contributed by atoms with E-state index in [-0.39, 0.29) is 11.3 Å². The van der Waals surface area contributed by atoms with Gasteiger partial charge in [-0.1, -0.05) is 6.07 Å². The maximum Gasteiger partial charge on any atom is 0.348 e. The Hall–Kier alpha value is -2.94. The van der Waals surface area contributed by atoms with Crippen LogP contribution in [0.5, 0.6) is 0 Å². The number of nitrogens with zero attached hydrogens (tertiary/aromatic N) is 2. The van der Waals surface area contributed by atoms with Gasteiger partial charge in [0.25, 0.3) is 11.5 Å². The van der Waals surface area contributed by atoms with Crippen LogP contribution in [0.15, 0.2) is 23.8 Å². The molecule has 0 N–H and O–H groups in total. The zero-order chi connectivity index (χ0) is 18.9. The molecule has 0 aromatic heterocycles. The molecule has 9 nitrogen and oxygen atoms in total. The lowest BCUT2D eigenvalue weighted by molar-refractivity contribution is -0.384. The Morgan fingerprint density at radius 2 is 1.77 bits per heavy atom. The number of cyclic esters (lactones) is 2. The minimum atomic E-state index is -1.34. The van der Waals surface area contributed by atoms with Gasteiger partial charge in [0.05, 0.1) is 18.1 Å². The average Bonchev–Trinajstić information content (AvgIpc) is 2.58. The van der Waals surface area contributed by atoms with E-state index in [0.717, 1.165) is 0 Å². The Morgan fingerprint density at radius 3 is 2.35 bits per heavy atom. The van der Waals surface area contributed by atoms with Crippen LogP contribution in [0.2, 0.25) is 0 Å². The average molecular weight is 362 g/mol. The van der Waals surface area contributed by atoms with Crippen molar-refractivity contribution in [2.45, 2.75) is 19.6 Å². The van der Waals surface area contributed by atoms with Crippen molar-refractivity contribution in [2.24, 2.45) is 0 Å². The fraction of sp³-hybridized carbons (Fsp3) is 0.412. The van der Waals surface area contributed by atoms with E-state index in [2.05, 4.69) is 0 Å². The molecule has 0 radical (unpaired) electrons. The number of esters is 2. The molecule has 1 aromatic carbocycles. The summed E-state index contributed by atoms with van der Waals surface area (Å²) in [5, 5.41) is 11.5. The van der Waals surface area contributed by atoms with Crippen molar-refractivity contribution in [3.63, 3.8) is 0 Å². The van der Waals surface area contributed by atoms with Crippen molar-refractivity contribution >= 4 is 29.4 Å². The molecule has 2 aliphatic heterocycles. The summed E-state index contributed by atoms with van der Waals surface area (Å²) in [6.45, 7) is 4.99. The molecule has 2 fully saturated rings. The first-order valence-electron chi connectivity index (χ1n) is 8.06. The zero-order valence-corrected chi connectivity index (χ0v) is 14.4. The largest absolute Gasteiger partial charge is 0.419 e. The first-order chi connectivity index (χ1) is 12.3. The van der Waals surface area contributed by atoms with Gasteiger partial charge in [0.2, 0.25) is 0 Å². The number of benzene rings is 1. The van der Waals surface area contributed by atoms with Crippen LogP contribution in [-0.2, 0) is 23.8 Å². The van der Waals surface area contributed by atoms with E-state index in [0.29, 0.717) is 37.6 Å². The lowest BCUT2D eigenvalue weighted by atomic mass is 10.1. The number of nitro benzene ring substituents is 1. The van der Waals surface area contributed by atoms with Crippen molar-refractivity contribution in [3.05, 3.63) is 39.4 Å². The summed E-state index contributed by atoms with van der Waals surface area (Å²) in [6, 6.07) is 4.52. The van der Waals surface area contributed by atoms with Crippen molar-refractivity contribution in [1.82, 2.24) is 0 Å². The van der Waals surface area contributed by atoms with Crippen LogP contribution >= 0.6 is 0 Å². The normalized spacial score (nSPS) is 19.6. The molecule has 0 amide bonds. The highest BCUT2D eigenvalue weighted by molar-refractivity contribution is 6.18. The zero-order valence-electron chi connectivity index (χ0n) is 14.4. The van der Waals surface area contributed by atoms with Crippen LogP contribution in [0.25, 0.3) is 6.08 Å². The van der Waals surface area contributed by atoms with Crippen LogP contribution in [0.3, 0.4) is 0 Å². The number of anilines is 1. The Kier molecular flexibility index (Phi) is 4.64. The molecule has 0 unspecified atom stereocenters. The smallest absolute Gasteiger partial charge is 0.348 e. The second-order valence-electron chi connectivity index (χ2n) is 6.34. The van der Waals surface area contributed by atoms with E-state index in [1.165, 1.54) is 26.0 Å². The standard InChI is InChI=1S/C17H18N2O7/c1-17(2)25-15(20)12(16(21)26-17)9-11-3-4-13(14(10-11)19(22)23)18-5-7-24-8-6-18/h3-4,9-10H,5-8H2,1-2H3. The summed E-state index contributed by atoms with van der Waals surface area (Å²) in [4.78, 5) is 36.9. The van der Waals surface area contributed by atoms with Crippen molar-refractivity contribution < 1.29 is 28.7 Å². The molecule has 138 valence electrons. The molecule has 26 heavy (non-hydrogen) atoms. The monoisotopic (exact) mass is 362 g/mol. The van der Waals surface area contributed by atoms with Gasteiger partial charge in [-0.05, 0) is 17.7 Å². The van der Waals surface area contributed by atoms with Crippen molar-refractivity contribution in [3.8, 4) is 0 Å². The third-order valence-corrected chi connectivity index (χ3v) is 3.98. The molecule has 0 bridgehead atoms. The van der Waals surface area contributed by atoms with Crippen LogP contribution in [0, 0.1) is 10.1 Å². The fourth-order valence-electron chi connectivity index (χ4n) is 2.79. The predicted octanol–water partition coefficient (Wildman–Crippen LogP) is 1.65. The Bertz CT molecular complexity index is 772. The van der Waals surface area contributed by atoms with Crippen molar-refractivity contribution in [2.75, 3.05) is 31.2 Å². The maximum absolute atomic E-state index is 12.0. The lowest BCUT2D eigenvalue weighted by Crippen LogP contribution is -2.41. The molecular weight excluding hydrogens is 344 g/mol. The van der Waals surface area contributed by atoms with Gasteiger partial charge in [-0.15, -0.1) is 0 Å². The molecular formula is C17H18N2O7. The number of nitro groups is 1. The van der Waals surface area contributed by atoms with Gasteiger partial charge < -0.3 is 19.1 Å². The van der Waals surface area contributed by atoms with Crippen LogP contribution in [0.4, 0.5) is 11.4 Å². The third-order valence-electron chi connectivity index (χ3n) is 3.98. The molecule has 2 aliphatic rings. The minimum Gasteiger partial charge on any atom is -0.419 e. The summed E-state index contributed by atoms with van der Waals surface area (Å²) < 4.78 is 15.3. The Labute approximate surface area is 149 Å². The summed E-state index contributed by atoms with van der Waals surface area (Å²) in [7, 11) is 0. The van der Waals surface area contributed by atoms with Gasteiger partial charge in [0.1, 0.15) is 11.3 Å². The van der Waals surface area contributed by atoms with Crippen LogP contribution in [0.1, 0.15) is 19.4 Å². The number of hydrogen-bond donors (Lipinski definition) is 0. The first-order valence-corrected chi connectivity index (χ1v) is 8.06. The summed E-state index contributed by atoms with van der Waals surface area (Å²) >= 11 is 0. The first kappa shape index (κ1) is 17.9. The molecule has 0 atom stereocenters. The van der Waals surface area contributed by atoms with Crippen molar-refractivity contribution in [1.29, 1.82) is 0 Å². The highest BCUT2D eigenvalue weighted by Crippen LogP contribution is 2.31. The summed E-state index contributed by atoms with van der Waals surface area (Å²) in [5.41, 5.74) is 0.379. The number of rotatable bonds is 3. The number of morpholine rings is 1. The highest BCUT2D eigenvalue weighted by atomic mass is 16.7. The molecule has 0 spiro atoms. The van der Waals surface area contributed by atoms with Gasteiger partial charge in [0, 0.05) is 33.0 Å². The van der Waals surface area contributed by atoms with Gasteiger partial charge in [-0.3, -0.25) is 10.1 Å². The molecule has 2 heterocycles. The molecule has 1 aromatic rings. The number of ether oxygens (including phenoxy) is 3. The Morgan fingerprint density at radius 1 is 1.15 bits per heavy atom. The van der Waals surface area contributed by atoms with Crippen LogP contribution in [-0.4, -0.2) is 49.0 Å². The van der Waals surface area contributed by atoms with Crippen LogP contribution < -0.4 is 4.90 Å². The quantitative estimate of drug-likeness (QED) is 0.263. The summed E-state index contributed by atoms with van der Waals surface area (Å²) in [6.07, 6.45) is 1.23. The van der Waals surface area contributed by atoms with E-state index in [1.807, 2.05) is 4.90 Å². The number of carbonyl (C=O) groups is 2. The van der Waals surface area contributed by atoms with E-state index < -0.39 is 22.6 Å². The van der Waals surface area contributed by atoms with Gasteiger partial charge in [0.15, 0.2) is 0 Å². The summed E-state index contributed by atoms with van der Waals surface area (Å²) in [5.74, 6) is -2.99. The predicted molar refractivity (Wildman–Crippen MR) is 90.4 cm³/mol.